The van der Waals surface area contributed by atoms with Crippen molar-refractivity contribution in [2.24, 2.45) is 5.92 Å². The summed E-state index contributed by atoms with van der Waals surface area (Å²) in [6.07, 6.45) is -4.09. The minimum absolute atomic E-state index is 0.0330. The number of rotatable bonds is 2. The van der Waals surface area contributed by atoms with Gasteiger partial charge in [0.2, 0.25) is 0 Å². The normalized spacial score (nSPS) is 19.8. The van der Waals surface area contributed by atoms with Crippen LogP contribution in [-0.2, 0) is 11.0 Å². The van der Waals surface area contributed by atoms with E-state index in [2.05, 4.69) is 15.9 Å². The van der Waals surface area contributed by atoms with Crippen molar-refractivity contribution in [3.05, 3.63) is 28.2 Å². The number of aliphatic carboxylic acids is 1. The van der Waals surface area contributed by atoms with E-state index < -0.39 is 23.6 Å². The monoisotopic (exact) mass is 337 g/mol. The minimum Gasteiger partial charge on any atom is -0.481 e. The highest BCUT2D eigenvalue weighted by molar-refractivity contribution is 9.10. The Labute approximate surface area is 116 Å². The molecule has 1 aliphatic heterocycles. The highest BCUT2D eigenvalue weighted by Gasteiger charge is 2.37. The molecule has 7 heteroatoms. The van der Waals surface area contributed by atoms with Crippen molar-refractivity contribution in [2.45, 2.75) is 12.6 Å². The van der Waals surface area contributed by atoms with Crippen molar-refractivity contribution < 1.29 is 23.1 Å². The van der Waals surface area contributed by atoms with Crippen molar-refractivity contribution in [3.8, 4) is 0 Å². The van der Waals surface area contributed by atoms with Gasteiger partial charge in [0.05, 0.1) is 17.2 Å². The summed E-state index contributed by atoms with van der Waals surface area (Å²) in [5.74, 6) is -1.58. The Morgan fingerprint density at radius 2 is 2.11 bits per heavy atom. The summed E-state index contributed by atoms with van der Waals surface area (Å²) in [5.41, 5.74) is -0.702. The van der Waals surface area contributed by atoms with E-state index in [-0.39, 0.29) is 12.2 Å². The SMILES string of the molecule is O=C(O)C1CCN(c2cc(Br)ccc2C(F)(F)F)C1. The molecular formula is C12H11BrF3NO2. The first kappa shape index (κ1) is 14.2. The van der Waals surface area contributed by atoms with Crippen LogP contribution in [0.4, 0.5) is 18.9 Å². The molecule has 1 aromatic carbocycles. The summed E-state index contributed by atoms with van der Waals surface area (Å²) >= 11 is 3.14. The number of hydrogen-bond donors (Lipinski definition) is 1. The van der Waals surface area contributed by atoms with Gasteiger partial charge in [0, 0.05) is 17.6 Å². The quantitative estimate of drug-likeness (QED) is 0.899. The Morgan fingerprint density at radius 3 is 2.63 bits per heavy atom. The largest absolute Gasteiger partial charge is 0.481 e. The molecule has 3 nitrogen and oxygen atoms in total. The van der Waals surface area contributed by atoms with E-state index >= 15 is 0 Å². The van der Waals surface area contributed by atoms with Crippen LogP contribution >= 0.6 is 15.9 Å². The van der Waals surface area contributed by atoms with Crippen molar-refractivity contribution in [1.82, 2.24) is 0 Å². The summed E-state index contributed by atoms with van der Waals surface area (Å²) in [7, 11) is 0. The topological polar surface area (TPSA) is 40.5 Å². The molecule has 2 rings (SSSR count). The lowest BCUT2D eigenvalue weighted by molar-refractivity contribution is -0.141. The third kappa shape index (κ3) is 3.02. The van der Waals surface area contributed by atoms with Crippen LogP contribution in [0, 0.1) is 5.92 Å². The molecule has 0 aromatic heterocycles. The van der Waals surface area contributed by atoms with Crippen LogP contribution in [0.25, 0.3) is 0 Å². The van der Waals surface area contributed by atoms with Gasteiger partial charge >= 0.3 is 12.1 Å². The zero-order valence-corrected chi connectivity index (χ0v) is 11.3. The fraction of sp³-hybridized carbons (Fsp3) is 0.417. The minimum atomic E-state index is -4.45. The number of benzene rings is 1. The lowest BCUT2D eigenvalue weighted by Crippen LogP contribution is -2.25. The number of carboxylic acids is 1. The third-order valence-corrected chi connectivity index (χ3v) is 3.64. The molecule has 0 saturated carbocycles. The number of anilines is 1. The van der Waals surface area contributed by atoms with Crippen LogP contribution in [0.1, 0.15) is 12.0 Å². The number of carbonyl (C=O) groups is 1. The van der Waals surface area contributed by atoms with Crippen molar-refractivity contribution in [3.63, 3.8) is 0 Å². The molecule has 1 heterocycles. The number of carboxylic acid groups (broad SMARTS) is 1. The standard InChI is InChI=1S/C12H11BrF3NO2/c13-8-1-2-9(12(14,15)16)10(5-8)17-4-3-7(6-17)11(18)19/h1-2,5,7H,3-4,6H2,(H,18,19). The van der Waals surface area contributed by atoms with Crippen LogP contribution in [-0.4, -0.2) is 24.2 Å². The molecule has 1 saturated heterocycles. The second-order valence-corrected chi connectivity index (χ2v) is 5.34. The molecule has 19 heavy (non-hydrogen) atoms. The first-order valence-corrected chi connectivity index (χ1v) is 6.43. The fourth-order valence-electron chi connectivity index (χ4n) is 2.19. The van der Waals surface area contributed by atoms with E-state index in [0.29, 0.717) is 17.4 Å². The van der Waals surface area contributed by atoms with Crippen LogP contribution in [0.3, 0.4) is 0 Å². The van der Waals surface area contributed by atoms with Crippen molar-refractivity contribution >= 4 is 27.6 Å². The molecule has 0 aliphatic carbocycles. The Hall–Kier alpha value is -1.24. The average molecular weight is 338 g/mol. The number of nitrogens with zero attached hydrogens (tertiary/aromatic N) is 1. The second-order valence-electron chi connectivity index (χ2n) is 4.43. The zero-order chi connectivity index (χ0) is 14.2. The van der Waals surface area contributed by atoms with Gasteiger partial charge in [0.25, 0.3) is 0 Å². The first-order valence-electron chi connectivity index (χ1n) is 5.63. The van der Waals surface area contributed by atoms with Gasteiger partial charge in [-0.1, -0.05) is 15.9 Å². The van der Waals surface area contributed by atoms with Gasteiger partial charge in [0.1, 0.15) is 0 Å². The van der Waals surface area contributed by atoms with E-state index in [0.717, 1.165) is 6.07 Å². The van der Waals surface area contributed by atoms with Gasteiger partial charge in [-0.15, -0.1) is 0 Å². The molecule has 0 bridgehead atoms. The fourth-order valence-corrected chi connectivity index (χ4v) is 2.54. The van der Waals surface area contributed by atoms with E-state index in [1.807, 2.05) is 0 Å². The van der Waals surface area contributed by atoms with Gasteiger partial charge in [-0.05, 0) is 24.6 Å². The molecular weight excluding hydrogens is 327 g/mol. The Kier molecular flexibility index (Phi) is 3.75. The van der Waals surface area contributed by atoms with E-state index in [4.69, 9.17) is 5.11 Å². The highest BCUT2D eigenvalue weighted by Crippen LogP contribution is 2.39. The maximum Gasteiger partial charge on any atom is 0.418 e. The Balaban J connectivity index is 2.34. The predicted molar refractivity (Wildman–Crippen MR) is 67.1 cm³/mol. The summed E-state index contributed by atoms with van der Waals surface area (Å²) in [4.78, 5) is 12.3. The second kappa shape index (κ2) is 5.03. The summed E-state index contributed by atoms with van der Waals surface area (Å²) in [5, 5.41) is 8.90. The van der Waals surface area contributed by atoms with Gasteiger partial charge in [0.15, 0.2) is 0 Å². The van der Waals surface area contributed by atoms with Gasteiger partial charge in [-0.3, -0.25) is 4.79 Å². The maximum absolute atomic E-state index is 12.9. The van der Waals surface area contributed by atoms with Crippen molar-refractivity contribution in [1.29, 1.82) is 0 Å². The van der Waals surface area contributed by atoms with E-state index in [9.17, 15) is 18.0 Å². The lowest BCUT2D eigenvalue weighted by Gasteiger charge is -2.23. The average Bonchev–Trinajstić information content (AvgIpc) is 2.76. The first-order chi connectivity index (χ1) is 8.79. The Bertz CT molecular complexity index is 504. The van der Waals surface area contributed by atoms with Crippen molar-refractivity contribution in [2.75, 3.05) is 18.0 Å². The molecule has 1 atom stereocenters. The number of alkyl halides is 3. The molecule has 1 aromatic rings. The van der Waals surface area contributed by atoms with Gasteiger partial charge in [-0.25, -0.2) is 0 Å². The van der Waals surface area contributed by atoms with E-state index in [1.54, 1.807) is 0 Å². The molecule has 1 aliphatic rings. The lowest BCUT2D eigenvalue weighted by atomic mass is 10.1. The predicted octanol–water partition coefficient (Wildman–Crippen LogP) is 3.38. The smallest absolute Gasteiger partial charge is 0.418 e. The van der Waals surface area contributed by atoms with Crippen LogP contribution in [0.2, 0.25) is 0 Å². The molecule has 104 valence electrons. The molecule has 0 radical (unpaired) electrons. The zero-order valence-electron chi connectivity index (χ0n) is 9.75. The van der Waals surface area contributed by atoms with E-state index in [1.165, 1.54) is 17.0 Å². The van der Waals surface area contributed by atoms with Crippen LogP contribution < -0.4 is 4.90 Å². The summed E-state index contributed by atoms with van der Waals surface area (Å²) in [6.45, 7) is 0.422. The molecule has 0 amide bonds. The molecule has 1 fully saturated rings. The molecule has 1 N–H and O–H groups in total. The van der Waals surface area contributed by atoms with Crippen LogP contribution in [0.15, 0.2) is 22.7 Å². The summed E-state index contributed by atoms with van der Waals surface area (Å²) < 4.78 is 39.3. The van der Waals surface area contributed by atoms with Gasteiger partial charge < -0.3 is 10.0 Å². The number of hydrogen-bond acceptors (Lipinski definition) is 2. The van der Waals surface area contributed by atoms with Crippen LogP contribution in [0.5, 0.6) is 0 Å². The molecule has 1 unspecified atom stereocenters. The Morgan fingerprint density at radius 1 is 1.42 bits per heavy atom. The molecule has 0 spiro atoms. The highest BCUT2D eigenvalue weighted by atomic mass is 79.9. The number of halogens is 4. The third-order valence-electron chi connectivity index (χ3n) is 3.14. The maximum atomic E-state index is 12.9. The van der Waals surface area contributed by atoms with Gasteiger partial charge in [-0.2, -0.15) is 13.2 Å². The summed E-state index contributed by atoms with van der Waals surface area (Å²) in [6, 6.07) is 3.72.